The molecule has 2 N–H and O–H groups in total. The first-order valence-corrected chi connectivity index (χ1v) is 6.27. The maximum Gasteiger partial charge on any atom is 0.123 e. The molecule has 3 heteroatoms. The quantitative estimate of drug-likeness (QED) is 0.843. The number of benzene rings is 1. The zero-order valence-corrected chi connectivity index (χ0v) is 10.4. The molecule has 2 unspecified atom stereocenters. The van der Waals surface area contributed by atoms with E-state index in [1.54, 1.807) is 6.07 Å². The molecule has 2 rings (SSSR count). The van der Waals surface area contributed by atoms with Crippen molar-refractivity contribution in [2.45, 2.75) is 38.8 Å². The normalized spacial score (nSPS) is 20.6. The fourth-order valence-corrected chi connectivity index (χ4v) is 2.28. The summed E-state index contributed by atoms with van der Waals surface area (Å²) in [7, 11) is 0. The Labute approximate surface area is 102 Å². The summed E-state index contributed by atoms with van der Waals surface area (Å²) < 4.78 is 13.2. The molecule has 0 heterocycles. The minimum atomic E-state index is -0.340. The second-order valence-electron chi connectivity index (χ2n) is 5.15. The van der Waals surface area contributed by atoms with Crippen LogP contribution in [0.4, 0.5) is 4.39 Å². The lowest BCUT2D eigenvalue weighted by Gasteiger charge is -2.19. The summed E-state index contributed by atoms with van der Waals surface area (Å²) in [6, 6.07) is 5.19. The maximum atomic E-state index is 13.2. The molecule has 2 nitrogen and oxygen atoms in total. The Balaban J connectivity index is 2.00. The van der Waals surface area contributed by atoms with Crippen LogP contribution in [0.1, 0.15) is 37.4 Å². The number of aliphatic hydroxyl groups is 1. The van der Waals surface area contributed by atoms with Gasteiger partial charge in [0.15, 0.2) is 0 Å². The van der Waals surface area contributed by atoms with Gasteiger partial charge in [0.2, 0.25) is 0 Å². The number of aliphatic hydroxyl groups excluding tert-OH is 1. The molecule has 0 aromatic heterocycles. The summed E-state index contributed by atoms with van der Waals surface area (Å²) in [5.41, 5.74) is 2.28. The van der Waals surface area contributed by atoms with E-state index in [9.17, 15) is 9.50 Å². The van der Waals surface area contributed by atoms with Crippen LogP contribution < -0.4 is 5.32 Å². The lowest BCUT2D eigenvalue weighted by Crippen LogP contribution is -2.32. The van der Waals surface area contributed by atoms with Gasteiger partial charge in [-0.3, -0.25) is 0 Å². The lowest BCUT2D eigenvalue weighted by atomic mass is 10.1. The van der Waals surface area contributed by atoms with Crippen molar-refractivity contribution in [2.75, 3.05) is 6.54 Å². The Bertz CT molecular complexity index is 392. The Morgan fingerprint density at radius 3 is 2.94 bits per heavy atom. The van der Waals surface area contributed by atoms with Gasteiger partial charge in [-0.2, -0.15) is 0 Å². The van der Waals surface area contributed by atoms with Crippen LogP contribution in [-0.4, -0.2) is 17.8 Å². The van der Waals surface area contributed by atoms with Crippen LogP contribution in [0.15, 0.2) is 18.2 Å². The van der Waals surface area contributed by atoms with Crippen molar-refractivity contribution in [3.63, 3.8) is 0 Å². The van der Waals surface area contributed by atoms with Crippen molar-refractivity contribution in [3.8, 4) is 0 Å². The number of hydrogen-bond acceptors (Lipinski definition) is 2. The third-order valence-corrected chi connectivity index (χ3v) is 3.53. The summed E-state index contributed by atoms with van der Waals surface area (Å²) >= 11 is 0. The highest BCUT2D eigenvalue weighted by molar-refractivity contribution is 5.34. The van der Waals surface area contributed by atoms with Gasteiger partial charge in [0.25, 0.3) is 0 Å². The van der Waals surface area contributed by atoms with E-state index in [0.29, 0.717) is 6.54 Å². The second kappa shape index (κ2) is 5.15. The van der Waals surface area contributed by atoms with Crippen LogP contribution in [0, 0.1) is 11.7 Å². The van der Waals surface area contributed by atoms with Gasteiger partial charge in [-0.05, 0) is 42.0 Å². The number of aryl methyl sites for hydroxylation is 1. The van der Waals surface area contributed by atoms with E-state index < -0.39 is 0 Å². The van der Waals surface area contributed by atoms with Gasteiger partial charge >= 0.3 is 0 Å². The average molecular weight is 237 g/mol. The second-order valence-corrected chi connectivity index (χ2v) is 5.15. The number of nitrogens with one attached hydrogen (secondary N) is 1. The minimum Gasteiger partial charge on any atom is -0.392 e. The summed E-state index contributed by atoms with van der Waals surface area (Å²) in [5.74, 6) is 0.0674. The molecule has 17 heavy (non-hydrogen) atoms. The highest BCUT2D eigenvalue weighted by Gasteiger charge is 2.23. The zero-order valence-electron chi connectivity index (χ0n) is 10.4. The largest absolute Gasteiger partial charge is 0.392 e. The highest BCUT2D eigenvalue weighted by atomic mass is 19.1. The number of halogens is 1. The molecule has 0 bridgehead atoms. The highest BCUT2D eigenvalue weighted by Crippen LogP contribution is 2.31. The van der Waals surface area contributed by atoms with Crippen molar-refractivity contribution in [2.24, 2.45) is 5.92 Å². The Hall–Kier alpha value is -0.930. The van der Waals surface area contributed by atoms with Crippen LogP contribution in [0.5, 0.6) is 0 Å². The van der Waals surface area contributed by atoms with Gasteiger partial charge in [0.05, 0.1) is 6.10 Å². The van der Waals surface area contributed by atoms with Crippen LogP contribution in [0.25, 0.3) is 0 Å². The van der Waals surface area contributed by atoms with E-state index in [1.165, 1.54) is 11.6 Å². The predicted octanol–water partition coefficient (Wildman–Crippen LogP) is 2.42. The third kappa shape index (κ3) is 2.85. The average Bonchev–Trinajstić information content (AvgIpc) is 2.68. The molecule has 1 aromatic carbocycles. The van der Waals surface area contributed by atoms with Gasteiger partial charge in [-0.1, -0.05) is 19.9 Å². The van der Waals surface area contributed by atoms with Crippen LogP contribution >= 0.6 is 0 Å². The van der Waals surface area contributed by atoms with E-state index in [1.807, 2.05) is 19.9 Å². The summed E-state index contributed by atoms with van der Waals surface area (Å²) in [6.07, 6.45) is 1.64. The fourth-order valence-electron chi connectivity index (χ4n) is 2.28. The lowest BCUT2D eigenvalue weighted by molar-refractivity contribution is 0.120. The molecular formula is C14H20FNO. The summed E-state index contributed by atoms with van der Waals surface area (Å²) in [4.78, 5) is 0. The molecule has 0 spiro atoms. The SMILES string of the molecule is CC(C)C(O)CNC1CCc2ccc(F)cc21. The molecule has 0 aliphatic heterocycles. The van der Waals surface area contributed by atoms with Crippen LogP contribution in [0.3, 0.4) is 0 Å². The molecule has 0 radical (unpaired) electrons. The molecule has 1 aliphatic rings. The topological polar surface area (TPSA) is 32.3 Å². The number of fused-ring (bicyclic) bond motifs is 1. The van der Waals surface area contributed by atoms with Crippen LogP contribution in [-0.2, 0) is 6.42 Å². The fraction of sp³-hybridized carbons (Fsp3) is 0.571. The molecule has 0 amide bonds. The van der Waals surface area contributed by atoms with E-state index in [0.717, 1.165) is 18.4 Å². The minimum absolute atomic E-state index is 0.179. The molecule has 0 saturated carbocycles. The standard InChI is InChI=1S/C14H20FNO/c1-9(2)14(17)8-16-13-6-4-10-3-5-11(15)7-12(10)13/h3,5,7,9,13-14,16-17H,4,6,8H2,1-2H3. The van der Waals surface area contributed by atoms with Crippen molar-refractivity contribution in [3.05, 3.63) is 35.1 Å². The van der Waals surface area contributed by atoms with Crippen molar-refractivity contribution in [1.82, 2.24) is 5.32 Å². The summed E-state index contributed by atoms with van der Waals surface area (Å²) in [5, 5.41) is 13.1. The van der Waals surface area contributed by atoms with Gasteiger partial charge in [-0.15, -0.1) is 0 Å². The van der Waals surface area contributed by atoms with Gasteiger partial charge < -0.3 is 10.4 Å². The van der Waals surface area contributed by atoms with Gasteiger partial charge in [0, 0.05) is 12.6 Å². The first-order valence-electron chi connectivity index (χ1n) is 6.27. The van der Waals surface area contributed by atoms with Gasteiger partial charge in [-0.25, -0.2) is 4.39 Å². The Morgan fingerprint density at radius 2 is 2.24 bits per heavy atom. The van der Waals surface area contributed by atoms with Crippen LogP contribution in [0.2, 0.25) is 0 Å². The third-order valence-electron chi connectivity index (χ3n) is 3.53. The number of rotatable bonds is 4. The first-order chi connectivity index (χ1) is 8.08. The van der Waals surface area contributed by atoms with Crippen molar-refractivity contribution < 1.29 is 9.50 Å². The van der Waals surface area contributed by atoms with Gasteiger partial charge in [0.1, 0.15) is 5.82 Å². The van der Waals surface area contributed by atoms with Crippen molar-refractivity contribution in [1.29, 1.82) is 0 Å². The molecule has 94 valence electrons. The Morgan fingerprint density at radius 1 is 1.47 bits per heavy atom. The van der Waals surface area contributed by atoms with Crippen molar-refractivity contribution >= 4 is 0 Å². The maximum absolute atomic E-state index is 13.2. The van der Waals surface area contributed by atoms with E-state index in [4.69, 9.17) is 0 Å². The van der Waals surface area contributed by atoms with E-state index >= 15 is 0 Å². The molecular weight excluding hydrogens is 217 g/mol. The molecule has 2 atom stereocenters. The number of hydrogen-bond donors (Lipinski definition) is 2. The van der Waals surface area contributed by atoms with E-state index in [-0.39, 0.29) is 23.9 Å². The monoisotopic (exact) mass is 237 g/mol. The zero-order chi connectivity index (χ0) is 12.4. The molecule has 1 aliphatic carbocycles. The Kier molecular flexibility index (Phi) is 3.79. The first kappa shape index (κ1) is 12.5. The molecule has 1 aromatic rings. The summed E-state index contributed by atoms with van der Waals surface area (Å²) in [6.45, 7) is 4.56. The molecule has 0 saturated heterocycles. The van der Waals surface area contributed by atoms with E-state index in [2.05, 4.69) is 5.32 Å². The predicted molar refractivity (Wildman–Crippen MR) is 66.3 cm³/mol. The smallest absolute Gasteiger partial charge is 0.123 e. The molecule has 0 fully saturated rings.